The molecule has 0 aliphatic carbocycles. The van der Waals surface area contributed by atoms with Gasteiger partial charge in [0.05, 0.1) is 11.9 Å². The van der Waals surface area contributed by atoms with Gasteiger partial charge in [0.25, 0.3) is 0 Å². The van der Waals surface area contributed by atoms with Crippen molar-refractivity contribution in [3.63, 3.8) is 0 Å². The van der Waals surface area contributed by atoms with E-state index in [9.17, 15) is 24.6 Å². The fourth-order valence-electron chi connectivity index (χ4n) is 1.74. The van der Waals surface area contributed by atoms with Gasteiger partial charge in [0.1, 0.15) is 0 Å². The van der Waals surface area contributed by atoms with Crippen molar-refractivity contribution in [1.82, 2.24) is 0 Å². The Kier molecular flexibility index (Phi) is 3.61. The van der Waals surface area contributed by atoms with Crippen molar-refractivity contribution >= 4 is 17.7 Å². The van der Waals surface area contributed by atoms with Gasteiger partial charge in [0.15, 0.2) is 5.78 Å². The van der Waals surface area contributed by atoms with E-state index in [0.29, 0.717) is 0 Å². The fourth-order valence-corrected chi connectivity index (χ4v) is 1.74. The molecular formula is C15H8O5-2. The highest BCUT2D eigenvalue weighted by molar-refractivity contribution is 6.10. The number of rotatable bonds is 4. The lowest BCUT2D eigenvalue weighted by molar-refractivity contribution is -0.256. The largest absolute Gasteiger partial charge is 0.545 e. The van der Waals surface area contributed by atoms with E-state index < -0.39 is 17.7 Å². The highest BCUT2D eigenvalue weighted by Crippen LogP contribution is 2.13. The van der Waals surface area contributed by atoms with Crippen LogP contribution in [0.5, 0.6) is 0 Å². The molecule has 100 valence electrons. The first-order valence-corrected chi connectivity index (χ1v) is 5.66. The van der Waals surface area contributed by atoms with Crippen LogP contribution >= 0.6 is 0 Å². The van der Waals surface area contributed by atoms with Crippen LogP contribution in [0.2, 0.25) is 0 Å². The summed E-state index contributed by atoms with van der Waals surface area (Å²) in [7, 11) is 0. The molecule has 0 bridgehead atoms. The third-order valence-electron chi connectivity index (χ3n) is 2.72. The molecule has 5 heteroatoms. The second-order valence-electron chi connectivity index (χ2n) is 4.07. The lowest BCUT2D eigenvalue weighted by atomic mass is 10.00. The zero-order valence-corrected chi connectivity index (χ0v) is 10.2. The zero-order valence-electron chi connectivity index (χ0n) is 10.2. The Morgan fingerprint density at radius 2 is 1.00 bits per heavy atom. The molecule has 20 heavy (non-hydrogen) atoms. The van der Waals surface area contributed by atoms with E-state index in [1.54, 1.807) is 0 Å². The minimum absolute atomic E-state index is 0.119. The second kappa shape index (κ2) is 5.36. The predicted octanol–water partition coefficient (Wildman–Crippen LogP) is -0.355. The van der Waals surface area contributed by atoms with Crippen LogP contribution in [0.4, 0.5) is 0 Å². The first-order chi connectivity index (χ1) is 9.49. The summed E-state index contributed by atoms with van der Waals surface area (Å²) >= 11 is 0. The number of carbonyl (C=O) groups is 3. The summed E-state index contributed by atoms with van der Waals surface area (Å²) in [5.74, 6) is -3.25. The van der Waals surface area contributed by atoms with Gasteiger partial charge < -0.3 is 19.8 Å². The number of carboxylic acid groups (broad SMARTS) is 2. The zero-order chi connectivity index (χ0) is 14.7. The monoisotopic (exact) mass is 268 g/mol. The molecule has 2 aromatic carbocycles. The molecule has 0 aliphatic rings. The molecule has 2 aromatic rings. The summed E-state index contributed by atoms with van der Waals surface area (Å²) in [6, 6.07) is 10.7. The maximum atomic E-state index is 12.2. The van der Waals surface area contributed by atoms with Crippen LogP contribution in [0.15, 0.2) is 48.5 Å². The molecule has 0 spiro atoms. The molecule has 0 N–H and O–H groups in total. The van der Waals surface area contributed by atoms with E-state index in [1.807, 2.05) is 0 Å². The van der Waals surface area contributed by atoms with Crippen LogP contribution in [0.3, 0.4) is 0 Å². The van der Waals surface area contributed by atoms with Crippen LogP contribution in [-0.2, 0) is 0 Å². The standard InChI is InChI=1S/C15H10O5/c16-13(9-3-1-5-11(7-9)14(17)18)10-4-2-6-12(8-10)15(19)20/h1-8H,(H,17,18)(H,19,20)/p-2. The molecule has 0 fully saturated rings. The molecule has 0 aromatic heterocycles. The molecule has 5 nitrogen and oxygen atoms in total. The van der Waals surface area contributed by atoms with Crippen LogP contribution < -0.4 is 10.2 Å². The average Bonchev–Trinajstić information content (AvgIpc) is 2.46. The fraction of sp³-hybridized carbons (Fsp3) is 0. The molecule has 0 amide bonds. The predicted molar refractivity (Wildman–Crippen MR) is 65.0 cm³/mol. The van der Waals surface area contributed by atoms with Gasteiger partial charge in [-0.2, -0.15) is 0 Å². The summed E-state index contributed by atoms with van der Waals surface area (Å²) in [5.41, 5.74) is 0.0446. The summed E-state index contributed by atoms with van der Waals surface area (Å²) in [6.45, 7) is 0. The van der Waals surface area contributed by atoms with Crippen molar-refractivity contribution in [2.75, 3.05) is 0 Å². The van der Waals surface area contributed by atoms with Gasteiger partial charge in [-0.15, -0.1) is 0 Å². The number of aromatic carboxylic acids is 2. The van der Waals surface area contributed by atoms with E-state index in [2.05, 4.69) is 0 Å². The third kappa shape index (κ3) is 2.72. The summed E-state index contributed by atoms with van der Waals surface area (Å²) < 4.78 is 0. The van der Waals surface area contributed by atoms with Gasteiger partial charge in [0.2, 0.25) is 0 Å². The number of carbonyl (C=O) groups excluding carboxylic acids is 3. The summed E-state index contributed by atoms with van der Waals surface area (Å²) in [5, 5.41) is 21.5. The molecular weight excluding hydrogens is 260 g/mol. The third-order valence-corrected chi connectivity index (χ3v) is 2.72. The Morgan fingerprint density at radius 1 is 0.650 bits per heavy atom. The van der Waals surface area contributed by atoms with Crippen LogP contribution in [0, 0.1) is 0 Å². The van der Waals surface area contributed by atoms with Gasteiger partial charge in [-0.25, -0.2) is 0 Å². The average molecular weight is 268 g/mol. The molecule has 2 rings (SSSR count). The Hall–Kier alpha value is -2.95. The van der Waals surface area contributed by atoms with Gasteiger partial charge in [-0.1, -0.05) is 36.4 Å². The van der Waals surface area contributed by atoms with Crippen molar-refractivity contribution in [3.05, 3.63) is 70.8 Å². The summed E-state index contributed by atoms with van der Waals surface area (Å²) in [6.07, 6.45) is 0. The highest BCUT2D eigenvalue weighted by Gasteiger charge is 2.10. The normalized spacial score (nSPS) is 10.0. The van der Waals surface area contributed by atoms with Crippen molar-refractivity contribution in [1.29, 1.82) is 0 Å². The number of hydrogen-bond donors (Lipinski definition) is 0. The van der Waals surface area contributed by atoms with Crippen LogP contribution in [0.25, 0.3) is 0 Å². The molecule has 0 unspecified atom stereocenters. The van der Waals surface area contributed by atoms with E-state index >= 15 is 0 Å². The topological polar surface area (TPSA) is 97.3 Å². The van der Waals surface area contributed by atoms with Crippen LogP contribution in [-0.4, -0.2) is 17.7 Å². The smallest absolute Gasteiger partial charge is 0.193 e. The van der Waals surface area contributed by atoms with Crippen molar-refractivity contribution in [2.24, 2.45) is 0 Å². The van der Waals surface area contributed by atoms with Crippen molar-refractivity contribution < 1.29 is 24.6 Å². The Morgan fingerprint density at radius 3 is 1.35 bits per heavy atom. The molecule has 0 radical (unpaired) electrons. The molecule has 0 saturated heterocycles. The van der Waals surface area contributed by atoms with E-state index in [0.717, 1.165) is 0 Å². The number of benzene rings is 2. The molecule has 0 aliphatic heterocycles. The maximum Gasteiger partial charge on any atom is 0.193 e. The Bertz CT molecular complexity index is 643. The molecule has 0 heterocycles. The summed E-state index contributed by atoms with van der Waals surface area (Å²) in [4.78, 5) is 33.7. The quantitative estimate of drug-likeness (QED) is 0.705. The Balaban J connectivity index is 2.41. The molecule has 0 saturated carbocycles. The van der Waals surface area contributed by atoms with E-state index in [-0.39, 0.29) is 22.3 Å². The van der Waals surface area contributed by atoms with E-state index in [4.69, 9.17) is 0 Å². The Labute approximate surface area is 114 Å². The van der Waals surface area contributed by atoms with Gasteiger partial charge in [-0.05, 0) is 23.3 Å². The first-order valence-electron chi connectivity index (χ1n) is 5.66. The van der Waals surface area contributed by atoms with Crippen molar-refractivity contribution in [2.45, 2.75) is 0 Å². The molecule has 0 atom stereocenters. The van der Waals surface area contributed by atoms with Crippen molar-refractivity contribution in [3.8, 4) is 0 Å². The maximum absolute atomic E-state index is 12.2. The minimum atomic E-state index is -1.39. The number of ketones is 1. The van der Waals surface area contributed by atoms with Gasteiger partial charge in [-0.3, -0.25) is 4.79 Å². The number of carboxylic acids is 2. The van der Waals surface area contributed by atoms with Gasteiger partial charge in [0, 0.05) is 11.1 Å². The van der Waals surface area contributed by atoms with E-state index in [1.165, 1.54) is 48.5 Å². The highest BCUT2D eigenvalue weighted by atomic mass is 16.4. The lowest BCUT2D eigenvalue weighted by Gasteiger charge is -2.07. The number of hydrogen-bond acceptors (Lipinski definition) is 5. The first kappa shape index (κ1) is 13.5. The van der Waals surface area contributed by atoms with Crippen LogP contribution in [0.1, 0.15) is 36.6 Å². The van der Waals surface area contributed by atoms with Gasteiger partial charge >= 0.3 is 0 Å². The minimum Gasteiger partial charge on any atom is -0.545 e. The lowest BCUT2D eigenvalue weighted by Crippen LogP contribution is -2.23. The SMILES string of the molecule is O=C([O-])c1cccc(C(=O)c2cccc(C(=O)[O-])c2)c1. The second-order valence-corrected chi connectivity index (χ2v) is 4.07.